The van der Waals surface area contributed by atoms with Crippen molar-refractivity contribution in [1.29, 1.82) is 0 Å². The molecule has 1 aliphatic rings. The Morgan fingerprint density at radius 1 is 1.06 bits per heavy atom. The van der Waals surface area contributed by atoms with Gasteiger partial charge < -0.3 is 9.64 Å². The summed E-state index contributed by atoms with van der Waals surface area (Å²) < 4.78 is 5.18. The number of nitrogens with zero attached hydrogens (tertiary/aromatic N) is 1. The highest BCUT2D eigenvalue weighted by Crippen LogP contribution is 2.34. The number of rotatable bonds is 1. The molecule has 1 saturated heterocycles. The summed E-state index contributed by atoms with van der Waals surface area (Å²) in [5.41, 5.74) is 0. The number of carbonyl (C=O) groups excluding carboxylic acids is 1. The molecule has 0 saturated carbocycles. The van der Waals surface area contributed by atoms with E-state index in [0.717, 1.165) is 25.9 Å². The fraction of sp³-hybridized carbons (Fsp3) is 0.364. The number of hydrogen-bond acceptors (Lipinski definition) is 2. The largest absolute Gasteiger partial charge is 0.415 e. The minimum atomic E-state index is -0.400. The first kappa shape index (κ1) is 12.8. The second-order valence-electron chi connectivity index (χ2n) is 3.76. The van der Waals surface area contributed by atoms with Crippen LogP contribution in [0.25, 0.3) is 0 Å². The molecule has 0 unspecified atom stereocenters. The minimum absolute atomic E-state index is 0.234. The standard InChI is InChI=1S/C11H10Cl3NO2/c12-7-5-9(14)10(6-8(7)13)17-11(16)15-3-1-2-4-15/h5-6H,1-4H2. The van der Waals surface area contributed by atoms with Crippen LogP contribution in [0.15, 0.2) is 12.1 Å². The highest BCUT2D eigenvalue weighted by molar-refractivity contribution is 6.43. The third kappa shape index (κ3) is 2.97. The third-order valence-corrected chi connectivity index (χ3v) is 3.55. The zero-order valence-corrected chi connectivity index (χ0v) is 11.1. The van der Waals surface area contributed by atoms with E-state index in [-0.39, 0.29) is 10.8 Å². The lowest BCUT2D eigenvalue weighted by molar-refractivity contribution is 0.163. The molecule has 6 heteroatoms. The van der Waals surface area contributed by atoms with Crippen LogP contribution in [0.2, 0.25) is 15.1 Å². The maximum Gasteiger partial charge on any atom is 0.415 e. The first-order valence-corrected chi connectivity index (χ1v) is 6.32. The molecule has 0 aromatic heterocycles. The SMILES string of the molecule is O=C(Oc1cc(Cl)c(Cl)cc1Cl)N1CCCC1. The Kier molecular flexibility index (Phi) is 4.02. The van der Waals surface area contributed by atoms with Gasteiger partial charge in [0.15, 0.2) is 5.75 Å². The topological polar surface area (TPSA) is 29.5 Å². The first-order valence-electron chi connectivity index (χ1n) is 5.19. The van der Waals surface area contributed by atoms with E-state index in [4.69, 9.17) is 39.5 Å². The Labute approximate surface area is 114 Å². The average molecular weight is 295 g/mol. The van der Waals surface area contributed by atoms with Crippen molar-refractivity contribution in [2.75, 3.05) is 13.1 Å². The lowest BCUT2D eigenvalue weighted by atomic mass is 10.3. The fourth-order valence-electron chi connectivity index (χ4n) is 1.64. The van der Waals surface area contributed by atoms with E-state index in [0.29, 0.717) is 10.0 Å². The van der Waals surface area contributed by atoms with Crippen LogP contribution in [0.1, 0.15) is 12.8 Å². The van der Waals surface area contributed by atoms with Crippen molar-refractivity contribution in [3.8, 4) is 5.75 Å². The van der Waals surface area contributed by atoms with Crippen LogP contribution in [-0.2, 0) is 0 Å². The lowest BCUT2D eigenvalue weighted by Crippen LogP contribution is -2.30. The van der Waals surface area contributed by atoms with Gasteiger partial charge in [0, 0.05) is 19.2 Å². The maximum atomic E-state index is 11.7. The Balaban J connectivity index is 2.12. The summed E-state index contributed by atoms with van der Waals surface area (Å²) in [6.07, 6.45) is 1.61. The summed E-state index contributed by atoms with van der Waals surface area (Å²) >= 11 is 17.5. The summed E-state index contributed by atoms with van der Waals surface area (Å²) in [6, 6.07) is 2.90. The van der Waals surface area contributed by atoms with Crippen LogP contribution in [0, 0.1) is 0 Å². The van der Waals surface area contributed by atoms with E-state index < -0.39 is 6.09 Å². The smallest absolute Gasteiger partial charge is 0.409 e. The summed E-state index contributed by atoms with van der Waals surface area (Å²) in [5.74, 6) is 0.234. The predicted molar refractivity (Wildman–Crippen MR) is 68.3 cm³/mol. The molecular weight excluding hydrogens is 284 g/mol. The van der Waals surface area contributed by atoms with Crippen LogP contribution < -0.4 is 4.74 Å². The zero-order valence-electron chi connectivity index (χ0n) is 8.88. The second kappa shape index (κ2) is 5.34. The molecule has 0 radical (unpaired) electrons. The number of hydrogen-bond donors (Lipinski definition) is 0. The van der Waals surface area contributed by atoms with E-state index in [9.17, 15) is 4.79 Å². The molecule has 1 amide bonds. The van der Waals surface area contributed by atoms with Gasteiger partial charge in [-0.3, -0.25) is 0 Å². The molecule has 0 spiro atoms. The van der Waals surface area contributed by atoms with Crippen molar-refractivity contribution in [2.24, 2.45) is 0 Å². The number of carbonyl (C=O) groups is 1. The summed E-state index contributed by atoms with van der Waals surface area (Å²) in [6.45, 7) is 1.44. The van der Waals surface area contributed by atoms with Gasteiger partial charge in [0.2, 0.25) is 0 Å². The molecule has 1 fully saturated rings. The summed E-state index contributed by atoms with van der Waals surface area (Å²) in [5, 5.41) is 0.907. The highest BCUT2D eigenvalue weighted by atomic mass is 35.5. The number of ether oxygens (including phenoxy) is 1. The van der Waals surface area contributed by atoms with Crippen molar-refractivity contribution in [1.82, 2.24) is 4.90 Å². The average Bonchev–Trinajstić information content (AvgIpc) is 2.79. The van der Waals surface area contributed by atoms with E-state index in [1.165, 1.54) is 12.1 Å². The molecule has 0 N–H and O–H groups in total. The second-order valence-corrected chi connectivity index (χ2v) is 4.98. The van der Waals surface area contributed by atoms with Crippen molar-refractivity contribution >= 4 is 40.9 Å². The molecular formula is C11H10Cl3NO2. The monoisotopic (exact) mass is 293 g/mol. The fourth-order valence-corrected chi connectivity index (χ4v) is 2.22. The van der Waals surface area contributed by atoms with Crippen LogP contribution in [-0.4, -0.2) is 24.1 Å². The molecule has 0 aliphatic carbocycles. The van der Waals surface area contributed by atoms with E-state index in [1.54, 1.807) is 4.90 Å². The van der Waals surface area contributed by atoms with Gasteiger partial charge in [-0.15, -0.1) is 0 Å². The molecule has 2 rings (SSSR count). The van der Waals surface area contributed by atoms with Gasteiger partial charge in [0.05, 0.1) is 15.1 Å². The summed E-state index contributed by atoms with van der Waals surface area (Å²) in [7, 11) is 0. The van der Waals surface area contributed by atoms with Gasteiger partial charge >= 0.3 is 6.09 Å². The molecule has 17 heavy (non-hydrogen) atoms. The van der Waals surface area contributed by atoms with Crippen LogP contribution >= 0.6 is 34.8 Å². The van der Waals surface area contributed by atoms with Crippen LogP contribution in [0.5, 0.6) is 5.75 Å². The maximum absolute atomic E-state index is 11.7. The molecule has 3 nitrogen and oxygen atoms in total. The van der Waals surface area contributed by atoms with Crippen LogP contribution in [0.4, 0.5) is 4.79 Å². The Morgan fingerprint density at radius 2 is 1.65 bits per heavy atom. The summed E-state index contributed by atoms with van der Waals surface area (Å²) in [4.78, 5) is 13.4. The number of halogens is 3. The van der Waals surface area contributed by atoms with Gasteiger partial charge in [-0.2, -0.15) is 0 Å². The van der Waals surface area contributed by atoms with Gasteiger partial charge in [-0.05, 0) is 18.9 Å². The molecule has 1 aromatic rings. The first-order chi connectivity index (χ1) is 8.08. The molecule has 1 heterocycles. The Morgan fingerprint density at radius 3 is 2.29 bits per heavy atom. The van der Waals surface area contributed by atoms with Gasteiger partial charge in [0.1, 0.15) is 0 Å². The number of likely N-dealkylation sites (tertiary alicyclic amines) is 1. The van der Waals surface area contributed by atoms with Crippen molar-refractivity contribution in [2.45, 2.75) is 12.8 Å². The zero-order chi connectivity index (χ0) is 12.4. The molecule has 0 bridgehead atoms. The predicted octanol–water partition coefficient (Wildman–Crippen LogP) is 4.24. The van der Waals surface area contributed by atoms with Crippen molar-refractivity contribution < 1.29 is 9.53 Å². The normalized spacial score (nSPS) is 15.1. The number of amides is 1. The Bertz CT molecular complexity index is 445. The van der Waals surface area contributed by atoms with E-state index in [1.807, 2.05) is 0 Å². The van der Waals surface area contributed by atoms with E-state index >= 15 is 0 Å². The van der Waals surface area contributed by atoms with Crippen molar-refractivity contribution in [3.63, 3.8) is 0 Å². The van der Waals surface area contributed by atoms with Gasteiger partial charge in [-0.1, -0.05) is 34.8 Å². The molecule has 0 atom stereocenters. The van der Waals surface area contributed by atoms with Gasteiger partial charge in [0.25, 0.3) is 0 Å². The minimum Gasteiger partial charge on any atom is -0.409 e. The van der Waals surface area contributed by atoms with Gasteiger partial charge in [-0.25, -0.2) is 4.79 Å². The third-order valence-electron chi connectivity index (χ3n) is 2.54. The lowest BCUT2D eigenvalue weighted by Gasteiger charge is -2.15. The molecule has 1 aromatic carbocycles. The molecule has 92 valence electrons. The number of benzene rings is 1. The highest BCUT2D eigenvalue weighted by Gasteiger charge is 2.21. The van der Waals surface area contributed by atoms with E-state index in [2.05, 4.69) is 0 Å². The quantitative estimate of drug-likeness (QED) is 0.725. The molecule has 1 aliphatic heterocycles. The van der Waals surface area contributed by atoms with Crippen molar-refractivity contribution in [3.05, 3.63) is 27.2 Å². The van der Waals surface area contributed by atoms with Crippen LogP contribution in [0.3, 0.4) is 0 Å². The Hall–Kier alpha value is -0.640.